The van der Waals surface area contributed by atoms with Gasteiger partial charge < -0.3 is 15.0 Å². The zero-order valence-electron chi connectivity index (χ0n) is 21.3. The van der Waals surface area contributed by atoms with E-state index in [1.54, 1.807) is 7.11 Å². The molecule has 6 rings (SSSR count). The van der Waals surface area contributed by atoms with Gasteiger partial charge in [-0.2, -0.15) is 0 Å². The number of piperidine rings is 1. The number of rotatable bonds is 6. The van der Waals surface area contributed by atoms with Crippen LogP contribution >= 0.6 is 0 Å². The summed E-state index contributed by atoms with van der Waals surface area (Å²) in [5.41, 5.74) is 4.21. The lowest BCUT2D eigenvalue weighted by molar-refractivity contribution is 0.415. The molecule has 186 valence electrons. The molecule has 0 unspecified atom stereocenters. The van der Waals surface area contributed by atoms with E-state index in [1.807, 2.05) is 24.4 Å². The van der Waals surface area contributed by atoms with Crippen molar-refractivity contribution in [1.82, 2.24) is 15.0 Å². The molecule has 0 aliphatic carbocycles. The van der Waals surface area contributed by atoms with Crippen LogP contribution in [0.1, 0.15) is 25.6 Å². The van der Waals surface area contributed by atoms with E-state index in [-0.39, 0.29) is 0 Å². The van der Waals surface area contributed by atoms with Crippen molar-refractivity contribution >= 4 is 33.2 Å². The van der Waals surface area contributed by atoms with Crippen LogP contribution in [0.3, 0.4) is 0 Å². The highest BCUT2D eigenvalue weighted by atomic mass is 16.5. The molecule has 0 bridgehead atoms. The van der Waals surface area contributed by atoms with E-state index in [2.05, 4.69) is 76.7 Å². The Morgan fingerprint density at radius 3 is 2.59 bits per heavy atom. The van der Waals surface area contributed by atoms with Crippen LogP contribution in [0.2, 0.25) is 0 Å². The van der Waals surface area contributed by atoms with Crippen LogP contribution in [0.15, 0.2) is 79.0 Å². The van der Waals surface area contributed by atoms with E-state index in [0.29, 0.717) is 6.04 Å². The molecule has 2 aromatic heterocycles. The standard InChI is InChI=1S/C31H31N5O/c1-3-30-32-15-12-28(34-30)23-18-22-8-10-25(37-2)20-26(22)29(19-23)33-24-13-16-36(17-14-24)31-11-9-21-6-4-5-7-27(21)35-31/h4-12,15,18-20,24,33H,3,13-14,16-17H2,1-2H3. The normalized spacial score (nSPS) is 14.3. The summed E-state index contributed by atoms with van der Waals surface area (Å²) in [5, 5.41) is 7.37. The minimum absolute atomic E-state index is 0.373. The smallest absolute Gasteiger partial charge is 0.129 e. The minimum atomic E-state index is 0.373. The number of aromatic nitrogens is 3. The van der Waals surface area contributed by atoms with E-state index in [1.165, 1.54) is 5.39 Å². The molecule has 1 aliphatic rings. The first-order valence-electron chi connectivity index (χ1n) is 13.0. The predicted octanol–water partition coefficient (Wildman–Crippen LogP) is 6.50. The Morgan fingerprint density at radius 2 is 1.76 bits per heavy atom. The van der Waals surface area contributed by atoms with Gasteiger partial charge in [-0.25, -0.2) is 15.0 Å². The molecule has 6 nitrogen and oxygen atoms in total. The summed E-state index contributed by atoms with van der Waals surface area (Å²) < 4.78 is 5.54. The Labute approximate surface area is 217 Å². The fourth-order valence-electron chi connectivity index (χ4n) is 5.17. The molecule has 1 saturated heterocycles. The summed E-state index contributed by atoms with van der Waals surface area (Å²) in [6.07, 6.45) is 4.74. The molecular formula is C31H31N5O. The van der Waals surface area contributed by atoms with Gasteiger partial charge in [-0.3, -0.25) is 0 Å². The van der Waals surface area contributed by atoms with Gasteiger partial charge in [0.05, 0.1) is 18.3 Å². The first-order valence-corrected chi connectivity index (χ1v) is 13.0. The van der Waals surface area contributed by atoms with E-state index in [9.17, 15) is 0 Å². The Morgan fingerprint density at radius 1 is 0.919 bits per heavy atom. The van der Waals surface area contributed by atoms with Gasteiger partial charge in [0.1, 0.15) is 17.4 Å². The average Bonchev–Trinajstić information content (AvgIpc) is 2.97. The van der Waals surface area contributed by atoms with E-state index < -0.39 is 0 Å². The zero-order valence-corrected chi connectivity index (χ0v) is 21.3. The number of pyridine rings is 1. The highest BCUT2D eigenvalue weighted by Crippen LogP contribution is 2.34. The van der Waals surface area contributed by atoms with Gasteiger partial charge in [0.25, 0.3) is 0 Å². The van der Waals surface area contributed by atoms with E-state index >= 15 is 0 Å². The van der Waals surface area contributed by atoms with Gasteiger partial charge in [0.15, 0.2) is 0 Å². The Kier molecular flexibility index (Phi) is 6.31. The molecular weight excluding hydrogens is 458 g/mol. The SMILES string of the molecule is CCc1nccc(-c2cc(NC3CCN(c4ccc5ccccc5n4)CC3)c3cc(OC)ccc3c2)n1. The largest absolute Gasteiger partial charge is 0.497 e. The summed E-state index contributed by atoms with van der Waals surface area (Å²) in [6, 6.07) is 25.7. The molecule has 37 heavy (non-hydrogen) atoms. The van der Waals surface area contributed by atoms with Crippen LogP contribution in [0.4, 0.5) is 11.5 Å². The van der Waals surface area contributed by atoms with Crippen molar-refractivity contribution in [2.45, 2.75) is 32.2 Å². The number of ether oxygens (including phenoxy) is 1. The van der Waals surface area contributed by atoms with Crippen molar-refractivity contribution < 1.29 is 4.74 Å². The van der Waals surface area contributed by atoms with Crippen LogP contribution in [-0.4, -0.2) is 41.2 Å². The minimum Gasteiger partial charge on any atom is -0.497 e. The summed E-state index contributed by atoms with van der Waals surface area (Å²) in [6.45, 7) is 4.02. The van der Waals surface area contributed by atoms with Crippen molar-refractivity contribution in [1.29, 1.82) is 0 Å². The maximum Gasteiger partial charge on any atom is 0.129 e. The molecule has 1 N–H and O–H groups in total. The highest BCUT2D eigenvalue weighted by Gasteiger charge is 2.21. The monoisotopic (exact) mass is 489 g/mol. The Hall–Kier alpha value is -4.19. The molecule has 1 fully saturated rings. The highest BCUT2D eigenvalue weighted by molar-refractivity contribution is 5.98. The number of nitrogens with zero attached hydrogens (tertiary/aromatic N) is 4. The molecule has 6 heteroatoms. The summed E-state index contributed by atoms with van der Waals surface area (Å²) >= 11 is 0. The second-order valence-corrected chi connectivity index (χ2v) is 9.59. The van der Waals surface area contributed by atoms with Crippen LogP contribution in [0, 0.1) is 0 Å². The topological polar surface area (TPSA) is 63.2 Å². The summed E-state index contributed by atoms with van der Waals surface area (Å²) in [5.74, 6) is 2.78. The second kappa shape index (κ2) is 10.1. The fourth-order valence-corrected chi connectivity index (χ4v) is 5.17. The van der Waals surface area contributed by atoms with Crippen LogP contribution in [0.5, 0.6) is 5.75 Å². The van der Waals surface area contributed by atoms with Crippen molar-refractivity contribution in [2.24, 2.45) is 0 Å². The number of hydrogen-bond acceptors (Lipinski definition) is 6. The van der Waals surface area contributed by atoms with Crippen molar-refractivity contribution in [3.8, 4) is 17.0 Å². The number of aryl methyl sites for hydroxylation is 1. The lowest BCUT2D eigenvalue weighted by Gasteiger charge is -2.34. The van der Waals surface area contributed by atoms with Crippen molar-refractivity contribution in [3.63, 3.8) is 0 Å². The second-order valence-electron chi connectivity index (χ2n) is 9.59. The Bertz CT molecular complexity index is 1560. The predicted molar refractivity (Wildman–Crippen MR) is 152 cm³/mol. The van der Waals surface area contributed by atoms with Crippen molar-refractivity contribution in [2.75, 3.05) is 30.4 Å². The third kappa shape index (κ3) is 4.79. The van der Waals surface area contributed by atoms with Gasteiger partial charge >= 0.3 is 0 Å². The molecule has 3 heterocycles. The molecule has 3 aromatic carbocycles. The first-order chi connectivity index (χ1) is 18.2. The van der Waals surface area contributed by atoms with Gasteiger partial charge in [-0.15, -0.1) is 0 Å². The lowest BCUT2D eigenvalue weighted by Crippen LogP contribution is -2.39. The number of methoxy groups -OCH3 is 1. The summed E-state index contributed by atoms with van der Waals surface area (Å²) in [7, 11) is 1.71. The molecule has 1 aliphatic heterocycles. The molecule has 0 amide bonds. The van der Waals surface area contributed by atoms with Crippen molar-refractivity contribution in [3.05, 3.63) is 84.8 Å². The van der Waals surface area contributed by atoms with E-state index in [4.69, 9.17) is 14.7 Å². The van der Waals surface area contributed by atoms with Gasteiger partial charge in [-0.05, 0) is 66.8 Å². The fraction of sp³-hybridized carbons (Fsp3) is 0.258. The number of para-hydroxylation sites is 1. The zero-order chi connectivity index (χ0) is 25.2. The molecule has 0 radical (unpaired) electrons. The third-order valence-electron chi connectivity index (χ3n) is 7.24. The number of benzene rings is 3. The molecule has 0 saturated carbocycles. The molecule has 0 spiro atoms. The maximum atomic E-state index is 5.54. The maximum absolute atomic E-state index is 5.54. The molecule has 5 aromatic rings. The van der Waals surface area contributed by atoms with Crippen LogP contribution < -0.4 is 15.0 Å². The molecule has 0 atom stereocenters. The lowest BCUT2D eigenvalue weighted by atomic mass is 9.99. The number of nitrogens with one attached hydrogen (secondary N) is 1. The quantitative estimate of drug-likeness (QED) is 0.294. The Balaban J connectivity index is 1.26. The van der Waals surface area contributed by atoms with Gasteiger partial charge in [0, 0.05) is 53.8 Å². The van der Waals surface area contributed by atoms with Crippen LogP contribution in [-0.2, 0) is 6.42 Å². The van der Waals surface area contributed by atoms with Crippen LogP contribution in [0.25, 0.3) is 32.9 Å². The average molecular weight is 490 g/mol. The first kappa shape index (κ1) is 23.2. The number of hydrogen-bond donors (Lipinski definition) is 1. The third-order valence-corrected chi connectivity index (χ3v) is 7.24. The number of fused-ring (bicyclic) bond motifs is 2. The van der Waals surface area contributed by atoms with E-state index in [0.717, 1.165) is 83.0 Å². The van der Waals surface area contributed by atoms with Gasteiger partial charge in [0.2, 0.25) is 0 Å². The summed E-state index contributed by atoms with van der Waals surface area (Å²) in [4.78, 5) is 16.5. The number of anilines is 2. The van der Waals surface area contributed by atoms with Gasteiger partial charge in [-0.1, -0.05) is 31.2 Å².